The summed E-state index contributed by atoms with van der Waals surface area (Å²) in [7, 11) is 0. The minimum absolute atomic E-state index is 0.194. The van der Waals surface area contributed by atoms with Crippen LogP contribution in [0.4, 0.5) is 11.4 Å². The Morgan fingerprint density at radius 1 is 1.14 bits per heavy atom. The van der Waals surface area contributed by atoms with Crippen LogP contribution in [-0.4, -0.2) is 12.0 Å². The lowest BCUT2D eigenvalue weighted by Crippen LogP contribution is -2.30. The molecular weight excluding hydrogens is 264 g/mol. The number of benzene rings is 2. The van der Waals surface area contributed by atoms with Crippen LogP contribution in [0.3, 0.4) is 0 Å². The van der Waals surface area contributed by atoms with Crippen LogP contribution in [-0.2, 0) is 4.79 Å². The highest BCUT2D eigenvalue weighted by Crippen LogP contribution is 2.21. The number of anilines is 2. The molecule has 21 heavy (non-hydrogen) atoms. The van der Waals surface area contributed by atoms with E-state index >= 15 is 0 Å². The van der Waals surface area contributed by atoms with Crippen LogP contribution in [0.25, 0.3) is 0 Å². The van der Waals surface area contributed by atoms with Crippen LogP contribution >= 0.6 is 0 Å². The van der Waals surface area contributed by atoms with Gasteiger partial charge in [-0.1, -0.05) is 12.1 Å². The van der Waals surface area contributed by atoms with Crippen LogP contribution in [0.1, 0.15) is 18.1 Å². The Morgan fingerprint density at radius 3 is 2.48 bits per heavy atom. The molecule has 2 rings (SSSR count). The van der Waals surface area contributed by atoms with Gasteiger partial charge in [0, 0.05) is 11.4 Å². The van der Waals surface area contributed by atoms with Gasteiger partial charge < -0.3 is 15.8 Å². The quantitative estimate of drug-likeness (QED) is 0.847. The normalized spacial score (nSPS) is 11.8. The molecule has 0 aromatic heterocycles. The second-order valence-electron chi connectivity index (χ2n) is 5.14. The van der Waals surface area contributed by atoms with Crippen molar-refractivity contribution in [1.29, 1.82) is 0 Å². The third-order valence-electron chi connectivity index (χ3n) is 3.19. The number of aryl methyl sites for hydroxylation is 2. The maximum absolute atomic E-state index is 12.1. The van der Waals surface area contributed by atoms with Crippen LogP contribution in [0, 0.1) is 13.8 Å². The molecule has 1 atom stereocenters. The molecule has 2 aromatic carbocycles. The van der Waals surface area contributed by atoms with Crippen LogP contribution in [0.15, 0.2) is 42.5 Å². The number of nitrogens with two attached hydrogens (primary N) is 1. The van der Waals surface area contributed by atoms with E-state index in [1.54, 1.807) is 31.2 Å². The van der Waals surface area contributed by atoms with Gasteiger partial charge in [-0.15, -0.1) is 0 Å². The lowest BCUT2D eigenvalue weighted by Gasteiger charge is -2.16. The molecule has 0 spiro atoms. The maximum atomic E-state index is 12.1. The first-order valence-electron chi connectivity index (χ1n) is 6.86. The van der Waals surface area contributed by atoms with E-state index in [2.05, 4.69) is 5.32 Å². The van der Waals surface area contributed by atoms with Gasteiger partial charge in [0.25, 0.3) is 5.91 Å². The highest BCUT2D eigenvalue weighted by atomic mass is 16.5. The van der Waals surface area contributed by atoms with Crippen molar-refractivity contribution >= 4 is 17.3 Å². The van der Waals surface area contributed by atoms with E-state index < -0.39 is 6.10 Å². The third-order valence-corrected chi connectivity index (χ3v) is 3.19. The summed E-state index contributed by atoms with van der Waals surface area (Å²) in [6.45, 7) is 5.68. The average Bonchev–Trinajstić information content (AvgIpc) is 2.45. The molecule has 0 heterocycles. The van der Waals surface area contributed by atoms with Gasteiger partial charge in [0.2, 0.25) is 0 Å². The van der Waals surface area contributed by atoms with Gasteiger partial charge in [0.05, 0.1) is 0 Å². The summed E-state index contributed by atoms with van der Waals surface area (Å²) in [5, 5.41) is 2.80. The van der Waals surface area contributed by atoms with Crippen molar-refractivity contribution in [3.05, 3.63) is 53.6 Å². The summed E-state index contributed by atoms with van der Waals surface area (Å²) in [6.07, 6.45) is -0.581. The number of nitrogens with one attached hydrogen (secondary N) is 1. The molecule has 0 aliphatic heterocycles. The number of hydrogen-bond donors (Lipinski definition) is 2. The largest absolute Gasteiger partial charge is 0.481 e. The molecule has 2 aromatic rings. The molecule has 1 amide bonds. The third kappa shape index (κ3) is 3.99. The van der Waals surface area contributed by atoms with E-state index in [1.807, 2.05) is 32.0 Å². The van der Waals surface area contributed by atoms with Gasteiger partial charge >= 0.3 is 0 Å². The van der Waals surface area contributed by atoms with Crippen molar-refractivity contribution < 1.29 is 9.53 Å². The number of amides is 1. The van der Waals surface area contributed by atoms with Crippen molar-refractivity contribution in [3.8, 4) is 5.75 Å². The fraction of sp³-hybridized carbons (Fsp3) is 0.235. The molecule has 0 aliphatic carbocycles. The van der Waals surface area contributed by atoms with E-state index in [4.69, 9.17) is 10.5 Å². The van der Waals surface area contributed by atoms with Gasteiger partial charge in [-0.2, -0.15) is 0 Å². The maximum Gasteiger partial charge on any atom is 0.265 e. The number of carbonyl (C=O) groups is 1. The Morgan fingerprint density at radius 2 is 1.81 bits per heavy atom. The fourth-order valence-corrected chi connectivity index (χ4v) is 1.89. The van der Waals surface area contributed by atoms with Crippen LogP contribution < -0.4 is 15.8 Å². The topological polar surface area (TPSA) is 64.3 Å². The SMILES string of the molecule is Cc1ccc(C)c(O[C@H](C)C(=O)Nc2ccc(N)cc2)c1. The lowest BCUT2D eigenvalue weighted by atomic mass is 10.1. The van der Waals surface area contributed by atoms with Crippen LogP contribution in [0.2, 0.25) is 0 Å². The molecule has 0 saturated heterocycles. The highest BCUT2D eigenvalue weighted by molar-refractivity contribution is 5.94. The smallest absolute Gasteiger partial charge is 0.265 e. The monoisotopic (exact) mass is 284 g/mol. The first-order valence-corrected chi connectivity index (χ1v) is 6.86. The Hall–Kier alpha value is -2.49. The van der Waals surface area contributed by atoms with E-state index in [9.17, 15) is 4.79 Å². The van der Waals surface area contributed by atoms with E-state index in [0.29, 0.717) is 11.4 Å². The summed E-state index contributed by atoms with van der Waals surface area (Å²) < 4.78 is 5.75. The first kappa shape index (κ1) is 14.9. The first-order chi connectivity index (χ1) is 9.95. The Bertz CT molecular complexity index is 636. The molecule has 110 valence electrons. The van der Waals surface area contributed by atoms with E-state index in [-0.39, 0.29) is 5.91 Å². The van der Waals surface area contributed by atoms with Gasteiger partial charge in [-0.25, -0.2) is 0 Å². The average molecular weight is 284 g/mol. The molecule has 0 radical (unpaired) electrons. The zero-order chi connectivity index (χ0) is 15.4. The molecule has 4 nitrogen and oxygen atoms in total. The van der Waals surface area contributed by atoms with Gasteiger partial charge in [0.15, 0.2) is 6.10 Å². The second kappa shape index (κ2) is 6.31. The standard InChI is InChI=1S/C17H20N2O2/c1-11-4-5-12(2)16(10-11)21-13(3)17(20)19-15-8-6-14(18)7-9-15/h4-10,13H,18H2,1-3H3,(H,19,20)/t13-/m1/s1. The highest BCUT2D eigenvalue weighted by Gasteiger charge is 2.15. The summed E-state index contributed by atoms with van der Waals surface area (Å²) >= 11 is 0. The Balaban J connectivity index is 2.02. The number of carbonyl (C=O) groups excluding carboxylic acids is 1. The number of nitrogen functional groups attached to an aromatic ring is 1. The fourth-order valence-electron chi connectivity index (χ4n) is 1.89. The summed E-state index contributed by atoms with van der Waals surface area (Å²) in [6, 6.07) is 12.9. The van der Waals surface area contributed by atoms with Gasteiger partial charge in [-0.05, 0) is 62.2 Å². The Labute approximate surface area is 124 Å². The summed E-state index contributed by atoms with van der Waals surface area (Å²) in [5.74, 6) is 0.538. The molecule has 0 saturated carbocycles. The predicted octanol–water partition coefficient (Wildman–Crippen LogP) is 3.29. The van der Waals surface area contributed by atoms with Crippen molar-refractivity contribution in [1.82, 2.24) is 0 Å². The lowest BCUT2D eigenvalue weighted by molar-refractivity contribution is -0.122. The minimum atomic E-state index is -0.581. The summed E-state index contributed by atoms with van der Waals surface area (Å²) in [4.78, 5) is 12.1. The molecule has 0 aliphatic rings. The number of rotatable bonds is 4. The van der Waals surface area contributed by atoms with Crippen molar-refractivity contribution in [2.24, 2.45) is 0 Å². The number of hydrogen-bond acceptors (Lipinski definition) is 3. The number of ether oxygens (including phenoxy) is 1. The van der Waals surface area contributed by atoms with Crippen molar-refractivity contribution in [3.63, 3.8) is 0 Å². The molecule has 4 heteroatoms. The predicted molar refractivity (Wildman–Crippen MR) is 85.5 cm³/mol. The van der Waals surface area contributed by atoms with E-state index in [0.717, 1.165) is 16.9 Å². The molecule has 0 bridgehead atoms. The molecule has 0 unspecified atom stereocenters. The molecular formula is C17H20N2O2. The zero-order valence-corrected chi connectivity index (χ0v) is 12.5. The van der Waals surface area contributed by atoms with Crippen LogP contribution in [0.5, 0.6) is 5.75 Å². The zero-order valence-electron chi connectivity index (χ0n) is 12.5. The van der Waals surface area contributed by atoms with Crippen molar-refractivity contribution in [2.75, 3.05) is 11.1 Å². The van der Waals surface area contributed by atoms with Crippen molar-refractivity contribution in [2.45, 2.75) is 26.9 Å². The molecule has 3 N–H and O–H groups in total. The minimum Gasteiger partial charge on any atom is -0.481 e. The summed E-state index contributed by atoms with van der Waals surface area (Å²) in [5.41, 5.74) is 9.08. The molecule has 0 fully saturated rings. The van der Waals surface area contributed by atoms with Gasteiger partial charge in [0.1, 0.15) is 5.75 Å². The van der Waals surface area contributed by atoms with E-state index in [1.165, 1.54) is 0 Å². The Kier molecular flexibility index (Phi) is 4.48. The van der Waals surface area contributed by atoms with Gasteiger partial charge in [-0.3, -0.25) is 4.79 Å². The second-order valence-corrected chi connectivity index (χ2v) is 5.14.